The fraction of sp³-hybridized carbons (Fsp3) is 0.458. The molecular weight excluding hydrogens is 411 g/mol. The maximum atomic E-state index is 14.1. The number of hydrogen-bond acceptors (Lipinski definition) is 5. The van der Waals surface area contributed by atoms with Crippen molar-refractivity contribution in [2.45, 2.75) is 26.3 Å². The molecule has 32 heavy (non-hydrogen) atoms. The largest absolute Gasteiger partial charge is 0.490 e. The second-order valence-electron chi connectivity index (χ2n) is 8.16. The van der Waals surface area contributed by atoms with Gasteiger partial charge in [-0.2, -0.15) is 0 Å². The number of nitrogens with zero attached hydrogens (tertiary/aromatic N) is 2. The number of piperazine rings is 1. The molecule has 1 fully saturated rings. The van der Waals surface area contributed by atoms with Gasteiger partial charge in [-0.25, -0.2) is 9.18 Å². The summed E-state index contributed by atoms with van der Waals surface area (Å²) in [5.41, 5.74) is 2.34. The van der Waals surface area contributed by atoms with E-state index in [0.29, 0.717) is 30.4 Å². The minimum atomic E-state index is -0.370. The first-order valence-corrected chi connectivity index (χ1v) is 11.3. The van der Waals surface area contributed by atoms with E-state index in [1.54, 1.807) is 18.2 Å². The van der Waals surface area contributed by atoms with Gasteiger partial charge >= 0.3 is 6.03 Å². The van der Waals surface area contributed by atoms with Crippen molar-refractivity contribution in [1.82, 2.24) is 10.2 Å². The monoisotopic (exact) mass is 442 g/mol. The van der Waals surface area contributed by atoms with Gasteiger partial charge in [0.15, 0.2) is 11.5 Å². The topological polar surface area (TPSA) is 66.1 Å². The minimum Gasteiger partial charge on any atom is -0.490 e. The van der Waals surface area contributed by atoms with E-state index in [1.165, 1.54) is 12.1 Å². The number of benzene rings is 2. The standard InChI is InChI=1S/C24H31FN4O3/c1-3-28-9-11-29(12-10-28)21-7-5-18(25)15-20(21)17(2)26-24(30)27-19-6-8-22-23(16-19)32-14-4-13-31-22/h5-8,15-17H,3-4,9-14H2,1-2H3,(H2,26,27,30). The zero-order chi connectivity index (χ0) is 22.5. The number of nitrogens with one attached hydrogen (secondary N) is 2. The van der Waals surface area contributed by atoms with Crippen LogP contribution in [0.2, 0.25) is 0 Å². The molecule has 2 aliphatic rings. The van der Waals surface area contributed by atoms with Crippen LogP contribution in [0.4, 0.5) is 20.6 Å². The smallest absolute Gasteiger partial charge is 0.319 e. The Bertz CT molecular complexity index is 947. The van der Waals surface area contributed by atoms with Crippen LogP contribution in [0.1, 0.15) is 31.9 Å². The Morgan fingerprint density at radius 3 is 2.56 bits per heavy atom. The Labute approximate surface area is 188 Å². The number of urea groups is 1. The maximum Gasteiger partial charge on any atom is 0.319 e. The van der Waals surface area contributed by atoms with Crippen LogP contribution < -0.4 is 25.0 Å². The van der Waals surface area contributed by atoms with Crippen LogP contribution in [0.25, 0.3) is 0 Å². The van der Waals surface area contributed by atoms with Gasteiger partial charge in [0.1, 0.15) is 5.82 Å². The number of halogens is 1. The lowest BCUT2D eigenvalue weighted by Crippen LogP contribution is -2.46. The molecule has 0 bridgehead atoms. The number of likely N-dealkylation sites (N-methyl/N-ethyl adjacent to an activating group) is 1. The van der Waals surface area contributed by atoms with Crippen molar-refractivity contribution in [2.75, 3.05) is 56.2 Å². The van der Waals surface area contributed by atoms with Gasteiger partial charge < -0.3 is 29.9 Å². The number of anilines is 2. The highest BCUT2D eigenvalue weighted by Gasteiger charge is 2.22. The lowest BCUT2D eigenvalue weighted by atomic mass is 10.0. The lowest BCUT2D eigenvalue weighted by molar-refractivity contribution is 0.249. The van der Waals surface area contributed by atoms with Crippen LogP contribution in [-0.2, 0) is 0 Å². The van der Waals surface area contributed by atoms with E-state index in [1.807, 2.05) is 13.0 Å². The number of rotatable bonds is 5. The van der Waals surface area contributed by atoms with Crippen molar-refractivity contribution < 1.29 is 18.7 Å². The highest BCUT2D eigenvalue weighted by atomic mass is 19.1. The SMILES string of the molecule is CCN1CCN(c2ccc(F)cc2C(C)NC(=O)Nc2ccc3c(c2)OCCCO3)CC1. The Hall–Kier alpha value is -3.00. The summed E-state index contributed by atoms with van der Waals surface area (Å²) in [7, 11) is 0. The molecule has 172 valence electrons. The number of carbonyl (C=O) groups excluding carboxylic acids is 1. The van der Waals surface area contributed by atoms with Gasteiger partial charge in [-0.3, -0.25) is 0 Å². The second-order valence-corrected chi connectivity index (χ2v) is 8.16. The molecule has 1 unspecified atom stereocenters. The zero-order valence-electron chi connectivity index (χ0n) is 18.7. The average molecular weight is 443 g/mol. The van der Waals surface area contributed by atoms with E-state index in [-0.39, 0.29) is 17.9 Å². The number of carbonyl (C=O) groups is 1. The molecule has 0 saturated carbocycles. The third kappa shape index (κ3) is 5.24. The van der Waals surface area contributed by atoms with E-state index < -0.39 is 0 Å². The third-order valence-electron chi connectivity index (χ3n) is 5.97. The first kappa shape index (κ1) is 22.2. The molecule has 2 aromatic carbocycles. The summed E-state index contributed by atoms with van der Waals surface area (Å²) in [6.45, 7) is 9.95. The van der Waals surface area contributed by atoms with Crippen LogP contribution in [0, 0.1) is 5.82 Å². The molecule has 1 saturated heterocycles. The summed E-state index contributed by atoms with van der Waals surface area (Å²) >= 11 is 0. The molecule has 2 heterocycles. The molecule has 0 radical (unpaired) electrons. The number of amides is 2. The lowest BCUT2D eigenvalue weighted by Gasteiger charge is -2.37. The predicted octanol–water partition coefficient (Wildman–Crippen LogP) is 4.01. The quantitative estimate of drug-likeness (QED) is 0.733. The molecule has 4 rings (SSSR count). The summed E-state index contributed by atoms with van der Waals surface area (Å²) in [6.07, 6.45) is 0.818. The van der Waals surface area contributed by atoms with E-state index >= 15 is 0 Å². The molecule has 0 aromatic heterocycles. The summed E-state index contributed by atoms with van der Waals surface area (Å²) in [4.78, 5) is 17.3. The van der Waals surface area contributed by atoms with Crippen molar-refractivity contribution >= 4 is 17.4 Å². The molecule has 1 atom stereocenters. The van der Waals surface area contributed by atoms with Crippen molar-refractivity contribution in [2.24, 2.45) is 0 Å². The zero-order valence-corrected chi connectivity index (χ0v) is 18.7. The normalized spacial score (nSPS) is 17.4. The third-order valence-corrected chi connectivity index (χ3v) is 5.97. The number of fused-ring (bicyclic) bond motifs is 1. The first-order valence-electron chi connectivity index (χ1n) is 11.3. The van der Waals surface area contributed by atoms with Gasteiger partial charge in [0, 0.05) is 55.6 Å². The van der Waals surface area contributed by atoms with Crippen molar-refractivity contribution in [3.8, 4) is 11.5 Å². The Balaban J connectivity index is 1.43. The van der Waals surface area contributed by atoms with E-state index in [4.69, 9.17) is 9.47 Å². The first-order chi connectivity index (χ1) is 15.5. The Morgan fingerprint density at radius 2 is 1.81 bits per heavy atom. The van der Waals surface area contributed by atoms with Crippen molar-refractivity contribution in [3.63, 3.8) is 0 Å². The van der Waals surface area contributed by atoms with Gasteiger partial charge in [-0.15, -0.1) is 0 Å². The molecule has 2 aromatic rings. The van der Waals surface area contributed by atoms with Crippen LogP contribution in [0.5, 0.6) is 11.5 Å². The summed E-state index contributed by atoms with van der Waals surface area (Å²) < 4.78 is 25.4. The second kappa shape index (κ2) is 10.1. The number of ether oxygens (including phenoxy) is 2. The van der Waals surface area contributed by atoms with Gasteiger partial charge in [0.2, 0.25) is 0 Å². The molecule has 2 N–H and O–H groups in total. The molecular formula is C24H31FN4O3. The molecule has 7 nitrogen and oxygen atoms in total. The fourth-order valence-corrected chi connectivity index (χ4v) is 4.15. The van der Waals surface area contributed by atoms with Crippen LogP contribution in [0.15, 0.2) is 36.4 Å². The average Bonchev–Trinajstić information content (AvgIpc) is 3.04. The van der Waals surface area contributed by atoms with Gasteiger partial charge in [-0.1, -0.05) is 6.92 Å². The molecule has 2 aliphatic heterocycles. The Kier molecular flexibility index (Phi) is 6.99. The maximum absolute atomic E-state index is 14.1. The van der Waals surface area contributed by atoms with Crippen LogP contribution >= 0.6 is 0 Å². The van der Waals surface area contributed by atoms with Crippen LogP contribution in [-0.4, -0.2) is 56.9 Å². The van der Waals surface area contributed by atoms with Crippen LogP contribution in [0.3, 0.4) is 0 Å². The van der Waals surface area contributed by atoms with Gasteiger partial charge in [-0.05, 0) is 43.8 Å². The summed E-state index contributed by atoms with van der Waals surface area (Å²) in [5, 5.41) is 5.78. The predicted molar refractivity (Wildman–Crippen MR) is 123 cm³/mol. The van der Waals surface area contributed by atoms with Gasteiger partial charge in [0.25, 0.3) is 0 Å². The molecule has 0 aliphatic carbocycles. The molecule has 8 heteroatoms. The Morgan fingerprint density at radius 1 is 1.06 bits per heavy atom. The summed E-state index contributed by atoms with van der Waals surface area (Å²) in [5.74, 6) is 0.981. The highest BCUT2D eigenvalue weighted by Crippen LogP contribution is 2.32. The molecule has 0 spiro atoms. The minimum absolute atomic E-state index is 0.312. The molecule has 2 amide bonds. The van der Waals surface area contributed by atoms with Gasteiger partial charge in [0.05, 0.1) is 19.3 Å². The van der Waals surface area contributed by atoms with Crippen molar-refractivity contribution in [1.29, 1.82) is 0 Å². The van der Waals surface area contributed by atoms with E-state index in [9.17, 15) is 9.18 Å². The van der Waals surface area contributed by atoms with Crippen molar-refractivity contribution in [3.05, 3.63) is 47.8 Å². The highest BCUT2D eigenvalue weighted by molar-refractivity contribution is 5.90. The number of hydrogen-bond donors (Lipinski definition) is 2. The fourth-order valence-electron chi connectivity index (χ4n) is 4.15. The van der Waals surface area contributed by atoms with E-state index in [2.05, 4.69) is 27.4 Å². The van der Waals surface area contributed by atoms with E-state index in [0.717, 1.165) is 50.4 Å². The summed E-state index contributed by atoms with van der Waals surface area (Å²) in [6, 6.07) is 9.40.